The van der Waals surface area contributed by atoms with Gasteiger partial charge in [0.1, 0.15) is 24.4 Å². The quantitative estimate of drug-likeness (QED) is 0.865. The average molecular weight is 290 g/mol. The molecule has 1 N–H and O–H groups in total. The van der Waals surface area contributed by atoms with E-state index in [4.69, 9.17) is 4.74 Å². The number of nitrogens with zero attached hydrogens (tertiary/aromatic N) is 1. The minimum Gasteiger partial charge on any atom is -0.492 e. The molecule has 1 aliphatic heterocycles. The molecule has 0 spiro atoms. The van der Waals surface area contributed by atoms with Gasteiger partial charge in [0.2, 0.25) is 11.8 Å². The second kappa shape index (κ2) is 7.11. The normalized spacial score (nSPS) is 22.1. The summed E-state index contributed by atoms with van der Waals surface area (Å²) >= 11 is 0. The summed E-state index contributed by atoms with van der Waals surface area (Å²) in [7, 11) is 0. The van der Waals surface area contributed by atoms with E-state index in [1.807, 2.05) is 37.3 Å². The fourth-order valence-corrected chi connectivity index (χ4v) is 2.45. The first-order valence-electron chi connectivity index (χ1n) is 7.42. The molecule has 5 nitrogen and oxygen atoms in total. The van der Waals surface area contributed by atoms with Crippen LogP contribution in [0.2, 0.25) is 0 Å². The van der Waals surface area contributed by atoms with E-state index in [1.165, 1.54) is 0 Å². The van der Waals surface area contributed by atoms with E-state index in [0.29, 0.717) is 19.6 Å². The Morgan fingerprint density at radius 1 is 1.24 bits per heavy atom. The van der Waals surface area contributed by atoms with Gasteiger partial charge in [-0.3, -0.25) is 9.59 Å². The van der Waals surface area contributed by atoms with Crippen LogP contribution in [0.5, 0.6) is 5.75 Å². The Morgan fingerprint density at radius 3 is 2.62 bits per heavy atom. The first-order chi connectivity index (χ1) is 10.1. The average Bonchev–Trinajstić information content (AvgIpc) is 2.49. The predicted molar refractivity (Wildman–Crippen MR) is 80.0 cm³/mol. The van der Waals surface area contributed by atoms with Gasteiger partial charge in [0.15, 0.2) is 0 Å². The molecule has 2 rings (SSSR count). The highest BCUT2D eigenvalue weighted by molar-refractivity contribution is 5.96. The molecular weight excluding hydrogens is 268 g/mol. The van der Waals surface area contributed by atoms with Gasteiger partial charge in [-0.25, -0.2) is 0 Å². The Morgan fingerprint density at radius 2 is 1.95 bits per heavy atom. The van der Waals surface area contributed by atoms with Crippen molar-refractivity contribution in [2.45, 2.75) is 38.8 Å². The van der Waals surface area contributed by atoms with E-state index in [-0.39, 0.29) is 11.8 Å². The van der Waals surface area contributed by atoms with Gasteiger partial charge in [-0.15, -0.1) is 0 Å². The van der Waals surface area contributed by atoms with Gasteiger partial charge in [-0.05, 0) is 25.5 Å². The SMILES string of the molecule is CCCC1NC(=O)C(C)N(CCOc2ccccc2)C1=O. The Bertz CT molecular complexity index is 490. The molecular formula is C16H22N2O3. The maximum atomic E-state index is 12.4. The number of nitrogens with one attached hydrogen (secondary N) is 1. The number of hydrogen-bond acceptors (Lipinski definition) is 3. The van der Waals surface area contributed by atoms with Crippen LogP contribution in [0.3, 0.4) is 0 Å². The number of ether oxygens (including phenoxy) is 1. The second-order valence-electron chi connectivity index (χ2n) is 5.22. The standard InChI is InChI=1S/C16H22N2O3/c1-3-7-14-16(20)18(12(2)15(19)17-14)10-11-21-13-8-5-4-6-9-13/h4-6,8-9,12,14H,3,7,10-11H2,1-2H3,(H,17,19). The summed E-state index contributed by atoms with van der Waals surface area (Å²) in [5, 5.41) is 2.78. The van der Waals surface area contributed by atoms with E-state index < -0.39 is 12.1 Å². The molecule has 1 heterocycles. The van der Waals surface area contributed by atoms with Gasteiger partial charge in [0.25, 0.3) is 0 Å². The summed E-state index contributed by atoms with van der Waals surface area (Å²) < 4.78 is 5.61. The number of para-hydroxylation sites is 1. The number of rotatable bonds is 6. The number of amides is 2. The molecule has 0 bridgehead atoms. The topological polar surface area (TPSA) is 58.6 Å². The number of carbonyl (C=O) groups is 2. The zero-order chi connectivity index (χ0) is 15.2. The lowest BCUT2D eigenvalue weighted by atomic mass is 10.0. The minimum absolute atomic E-state index is 0.0133. The molecule has 0 aliphatic carbocycles. The number of piperazine rings is 1. The van der Waals surface area contributed by atoms with Crippen molar-refractivity contribution < 1.29 is 14.3 Å². The Kier molecular flexibility index (Phi) is 5.20. The predicted octanol–water partition coefficient (Wildman–Crippen LogP) is 1.58. The molecule has 21 heavy (non-hydrogen) atoms. The third-order valence-corrected chi connectivity index (χ3v) is 3.67. The molecule has 0 saturated carbocycles. The Balaban J connectivity index is 1.93. The van der Waals surface area contributed by atoms with E-state index in [9.17, 15) is 9.59 Å². The smallest absolute Gasteiger partial charge is 0.245 e. The highest BCUT2D eigenvalue weighted by Gasteiger charge is 2.37. The van der Waals surface area contributed by atoms with Crippen LogP contribution >= 0.6 is 0 Å². The molecule has 2 amide bonds. The molecule has 1 aromatic rings. The van der Waals surface area contributed by atoms with Crippen LogP contribution in [-0.2, 0) is 9.59 Å². The van der Waals surface area contributed by atoms with E-state index in [2.05, 4.69) is 5.32 Å². The molecule has 2 atom stereocenters. The molecule has 2 unspecified atom stereocenters. The van der Waals surface area contributed by atoms with Crippen LogP contribution in [-0.4, -0.2) is 41.9 Å². The van der Waals surface area contributed by atoms with Crippen LogP contribution in [0.4, 0.5) is 0 Å². The summed E-state index contributed by atoms with van der Waals surface area (Å²) in [5.74, 6) is 0.664. The van der Waals surface area contributed by atoms with Gasteiger partial charge in [0.05, 0.1) is 6.54 Å². The lowest BCUT2D eigenvalue weighted by Crippen LogP contribution is -2.62. The van der Waals surface area contributed by atoms with Crippen molar-refractivity contribution >= 4 is 11.8 Å². The summed E-state index contributed by atoms with van der Waals surface area (Å²) in [4.78, 5) is 25.9. The third-order valence-electron chi connectivity index (χ3n) is 3.67. The molecule has 1 fully saturated rings. The number of benzene rings is 1. The van der Waals surface area contributed by atoms with E-state index in [1.54, 1.807) is 11.8 Å². The fourth-order valence-electron chi connectivity index (χ4n) is 2.45. The first-order valence-corrected chi connectivity index (χ1v) is 7.42. The molecule has 1 saturated heterocycles. The van der Waals surface area contributed by atoms with Crippen molar-refractivity contribution in [2.24, 2.45) is 0 Å². The molecule has 0 aromatic heterocycles. The second-order valence-corrected chi connectivity index (χ2v) is 5.22. The van der Waals surface area contributed by atoms with E-state index in [0.717, 1.165) is 12.2 Å². The van der Waals surface area contributed by atoms with Crippen LogP contribution in [0.25, 0.3) is 0 Å². The summed E-state index contributed by atoms with van der Waals surface area (Å²) in [6.45, 7) is 4.55. The van der Waals surface area contributed by atoms with Crippen molar-refractivity contribution in [3.05, 3.63) is 30.3 Å². The summed E-state index contributed by atoms with van der Waals surface area (Å²) in [6, 6.07) is 8.62. The van der Waals surface area contributed by atoms with Gasteiger partial charge >= 0.3 is 0 Å². The number of hydrogen-bond donors (Lipinski definition) is 1. The van der Waals surface area contributed by atoms with Crippen LogP contribution in [0, 0.1) is 0 Å². The maximum Gasteiger partial charge on any atom is 0.245 e. The van der Waals surface area contributed by atoms with Gasteiger partial charge in [-0.1, -0.05) is 31.5 Å². The fraction of sp³-hybridized carbons (Fsp3) is 0.500. The zero-order valence-electron chi connectivity index (χ0n) is 12.5. The summed E-state index contributed by atoms with van der Waals surface area (Å²) in [5.41, 5.74) is 0. The third kappa shape index (κ3) is 3.74. The van der Waals surface area contributed by atoms with Gasteiger partial charge in [-0.2, -0.15) is 0 Å². The molecule has 1 aromatic carbocycles. The largest absolute Gasteiger partial charge is 0.492 e. The summed E-state index contributed by atoms with van der Waals surface area (Å²) in [6.07, 6.45) is 1.53. The van der Waals surface area contributed by atoms with Crippen molar-refractivity contribution in [2.75, 3.05) is 13.2 Å². The molecule has 0 radical (unpaired) electrons. The van der Waals surface area contributed by atoms with Crippen molar-refractivity contribution in [3.8, 4) is 5.75 Å². The van der Waals surface area contributed by atoms with Gasteiger partial charge in [0, 0.05) is 0 Å². The number of carbonyl (C=O) groups excluding carboxylic acids is 2. The van der Waals surface area contributed by atoms with Crippen molar-refractivity contribution in [1.82, 2.24) is 10.2 Å². The molecule has 1 aliphatic rings. The van der Waals surface area contributed by atoms with E-state index >= 15 is 0 Å². The minimum atomic E-state index is -0.440. The lowest BCUT2D eigenvalue weighted by Gasteiger charge is -2.37. The molecule has 114 valence electrons. The molecule has 5 heteroatoms. The maximum absolute atomic E-state index is 12.4. The monoisotopic (exact) mass is 290 g/mol. The van der Waals surface area contributed by atoms with Crippen molar-refractivity contribution in [1.29, 1.82) is 0 Å². The van der Waals surface area contributed by atoms with Gasteiger partial charge < -0.3 is 15.0 Å². The Labute approximate surface area is 125 Å². The zero-order valence-corrected chi connectivity index (χ0v) is 12.5. The highest BCUT2D eigenvalue weighted by atomic mass is 16.5. The van der Waals surface area contributed by atoms with Crippen LogP contribution < -0.4 is 10.1 Å². The highest BCUT2D eigenvalue weighted by Crippen LogP contribution is 2.14. The van der Waals surface area contributed by atoms with Crippen LogP contribution in [0.15, 0.2) is 30.3 Å². The first kappa shape index (κ1) is 15.4. The van der Waals surface area contributed by atoms with Crippen LogP contribution in [0.1, 0.15) is 26.7 Å². The Hall–Kier alpha value is -2.04. The van der Waals surface area contributed by atoms with Crippen molar-refractivity contribution in [3.63, 3.8) is 0 Å². The lowest BCUT2D eigenvalue weighted by molar-refractivity contribution is -0.149.